The van der Waals surface area contributed by atoms with Gasteiger partial charge in [0.15, 0.2) is 0 Å². The predicted octanol–water partition coefficient (Wildman–Crippen LogP) is 4.49. The highest BCUT2D eigenvalue weighted by atomic mass is 16.5. The smallest absolute Gasteiger partial charge is 0.252 e. The minimum atomic E-state index is -1.01. The van der Waals surface area contributed by atoms with Crippen molar-refractivity contribution in [1.82, 2.24) is 20.2 Å². The molecule has 1 N–H and O–H groups in total. The quantitative estimate of drug-likeness (QED) is 0.588. The second-order valence-corrected chi connectivity index (χ2v) is 9.13. The minimum Gasteiger partial charge on any atom is -0.437 e. The number of hydrogen-bond acceptors (Lipinski definition) is 5. The van der Waals surface area contributed by atoms with Crippen LogP contribution in [0.5, 0.6) is 11.6 Å². The zero-order chi connectivity index (χ0) is 24.1. The largest absolute Gasteiger partial charge is 0.437 e. The lowest BCUT2D eigenvalue weighted by Gasteiger charge is -2.37. The van der Waals surface area contributed by atoms with Crippen LogP contribution >= 0.6 is 0 Å². The van der Waals surface area contributed by atoms with Crippen LogP contribution < -0.4 is 10.1 Å². The average Bonchev–Trinajstić information content (AvgIpc) is 2.86. The summed E-state index contributed by atoms with van der Waals surface area (Å²) in [6.07, 6.45) is 4.81. The molecule has 2 aromatic carbocycles. The van der Waals surface area contributed by atoms with Gasteiger partial charge in [-0.05, 0) is 57.4 Å². The number of piperidine rings is 1. The third-order valence-electron chi connectivity index (χ3n) is 6.16. The van der Waals surface area contributed by atoms with Crippen molar-refractivity contribution < 1.29 is 14.3 Å². The van der Waals surface area contributed by atoms with Crippen LogP contribution in [0.1, 0.15) is 54.2 Å². The maximum absolute atomic E-state index is 13.2. The van der Waals surface area contributed by atoms with Crippen molar-refractivity contribution in [2.75, 3.05) is 13.1 Å². The highest BCUT2D eigenvalue weighted by molar-refractivity contribution is 5.98. The molecule has 2 amide bonds. The third-order valence-corrected chi connectivity index (χ3v) is 6.16. The lowest BCUT2D eigenvalue weighted by Crippen LogP contribution is -2.57. The Hall–Kier alpha value is -3.74. The number of nitrogens with zero attached hydrogens (tertiary/aromatic N) is 3. The van der Waals surface area contributed by atoms with E-state index in [-0.39, 0.29) is 17.7 Å². The summed E-state index contributed by atoms with van der Waals surface area (Å²) in [7, 11) is 0. The summed E-state index contributed by atoms with van der Waals surface area (Å²) in [6.45, 7) is 6.65. The lowest BCUT2D eigenvalue weighted by molar-refractivity contribution is -0.137. The van der Waals surface area contributed by atoms with Crippen LogP contribution in [-0.2, 0) is 4.79 Å². The molecule has 1 fully saturated rings. The molecular weight excluding hydrogens is 428 g/mol. The first-order valence-corrected chi connectivity index (χ1v) is 11.6. The van der Waals surface area contributed by atoms with Gasteiger partial charge >= 0.3 is 0 Å². The Kier molecular flexibility index (Phi) is 6.91. The Morgan fingerprint density at radius 3 is 2.32 bits per heavy atom. The highest BCUT2D eigenvalue weighted by Gasteiger charge is 2.36. The van der Waals surface area contributed by atoms with Gasteiger partial charge in [-0.3, -0.25) is 14.6 Å². The van der Waals surface area contributed by atoms with Gasteiger partial charge in [-0.1, -0.05) is 36.4 Å². The number of carbonyl (C=O) groups is 2. The molecule has 1 aromatic heterocycles. The van der Waals surface area contributed by atoms with E-state index in [0.717, 1.165) is 29.8 Å². The van der Waals surface area contributed by atoms with Crippen LogP contribution in [0.25, 0.3) is 0 Å². The van der Waals surface area contributed by atoms with Crippen LogP contribution in [-0.4, -0.2) is 45.3 Å². The van der Waals surface area contributed by atoms with Crippen molar-refractivity contribution in [1.29, 1.82) is 0 Å². The first-order valence-electron chi connectivity index (χ1n) is 11.6. The molecule has 3 aromatic rings. The zero-order valence-electron chi connectivity index (χ0n) is 19.8. The summed E-state index contributed by atoms with van der Waals surface area (Å²) in [5, 5.41) is 2.88. The molecule has 0 spiro atoms. The lowest BCUT2D eigenvalue weighted by atomic mass is 9.91. The molecule has 0 bridgehead atoms. The summed E-state index contributed by atoms with van der Waals surface area (Å²) < 4.78 is 6.11. The fourth-order valence-corrected chi connectivity index (χ4v) is 4.22. The van der Waals surface area contributed by atoms with Crippen molar-refractivity contribution in [2.24, 2.45) is 0 Å². The number of likely N-dealkylation sites (tertiary alicyclic amines) is 1. The van der Waals surface area contributed by atoms with E-state index in [1.807, 2.05) is 42.2 Å². The second-order valence-electron chi connectivity index (χ2n) is 9.13. The maximum Gasteiger partial charge on any atom is 0.252 e. The van der Waals surface area contributed by atoms with E-state index >= 15 is 0 Å². The van der Waals surface area contributed by atoms with Crippen molar-refractivity contribution in [3.63, 3.8) is 0 Å². The predicted molar refractivity (Wildman–Crippen MR) is 130 cm³/mol. The summed E-state index contributed by atoms with van der Waals surface area (Å²) >= 11 is 0. The first-order chi connectivity index (χ1) is 16.3. The third kappa shape index (κ3) is 5.25. The normalized spacial score (nSPS) is 14.5. The number of amides is 2. The van der Waals surface area contributed by atoms with E-state index < -0.39 is 5.54 Å². The van der Waals surface area contributed by atoms with Crippen molar-refractivity contribution >= 4 is 11.8 Å². The van der Waals surface area contributed by atoms with Crippen LogP contribution in [0.15, 0.2) is 67.0 Å². The number of para-hydroxylation sites is 1. The van der Waals surface area contributed by atoms with Gasteiger partial charge < -0.3 is 15.0 Å². The van der Waals surface area contributed by atoms with Crippen molar-refractivity contribution in [3.05, 3.63) is 83.8 Å². The van der Waals surface area contributed by atoms with Gasteiger partial charge in [-0.2, -0.15) is 0 Å². The van der Waals surface area contributed by atoms with Crippen LogP contribution in [0.3, 0.4) is 0 Å². The zero-order valence-corrected chi connectivity index (χ0v) is 19.8. The Labute approximate surface area is 200 Å². The molecule has 34 heavy (non-hydrogen) atoms. The Morgan fingerprint density at radius 1 is 0.971 bits per heavy atom. The standard InChI is InChI=1S/C27H30N4O3/c1-19-9-7-8-12-22(19)34-25-23(28-15-16-29-25)20-13-17-31(18-14-20)26(33)27(2,3)30-24(32)21-10-5-4-6-11-21/h4-12,15-16,20H,13-14,17-18H2,1-3H3,(H,30,32). The van der Waals surface area contributed by atoms with Crippen molar-refractivity contribution in [2.45, 2.75) is 45.1 Å². The molecule has 1 saturated heterocycles. The Balaban J connectivity index is 1.40. The van der Waals surface area contributed by atoms with Gasteiger partial charge in [0.05, 0.1) is 0 Å². The Bertz CT molecular complexity index is 1160. The molecule has 7 nitrogen and oxygen atoms in total. The van der Waals surface area contributed by atoms with Gasteiger partial charge in [0.2, 0.25) is 11.8 Å². The number of hydrogen-bond donors (Lipinski definition) is 1. The van der Waals surface area contributed by atoms with Gasteiger partial charge in [0.1, 0.15) is 17.0 Å². The first kappa shape index (κ1) is 23.4. The summed E-state index contributed by atoms with van der Waals surface area (Å²) in [6, 6.07) is 16.7. The number of carbonyl (C=O) groups excluding carboxylic acids is 2. The Morgan fingerprint density at radius 2 is 1.62 bits per heavy atom. The molecule has 0 unspecified atom stereocenters. The van der Waals surface area contributed by atoms with Gasteiger partial charge in [0, 0.05) is 37.0 Å². The van der Waals surface area contributed by atoms with E-state index in [1.54, 1.807) is 50.5 Å². The maximum atomic E-state index is 13.2. The van der Waals surface area contributed by atoms with Crippen LogP contribution in [0, 0.1) is 6.92 Å². The summed E-state index contributed by atoms with van der Waals surface area (Å²) in [5.74, 6) is 1.06. The highest BCUT2D eigenvalue weighted by Crippen LogP contribution is 2.34. The van der Waals surface area contributed by atoms with E-state index in [0.29, 0.717) is 24.5 Å². The molecule has 7 heteroatoms. The number of nitrogens with one attached hydrogen (secondary N) is 1. The number of aryl methyl sites for hydroxylation is 1. The second kappa shape index (κ2) is 10.0. The molecule has 4 rings (SSSR count). The number of aromatic nitrogens is 2. The molecule has 1 aliphatic heterocycles. The molecule has 0 atom stereocenters. The van der Waals surface area contributed by atoms with Crippen LogP contribution in [0.4, 0.5) is 0 Å². The fourth-order valence-electron chi connectivity index (χ4n) is 4.22. The molecule has 1 aliphatic rings. The topological polar surface area (TPSA) is 84.4 Å². The molecule has 176 valence electrons. The number of benzene rings is 2. The summed E-state index contributed by atoms with van der Waals surface area (Å²) in [5.41, 5.74) is 1.37. The van der Waals surface area contributed by atoms with Gasteiger partial charge in [-0.25, -0.2) is 4.98 Å². The van der Waals surface area contributed by atoms with Crippen molar-refractivity contribution in [3.8, 4) is 11.6 Å². The average molecular weight is 459 g/mol. The van der Waals surface area contributed by atoms with Gasteiger partial charge in [-0.15, -0.1) is 0 Å². The number of ether oxygens (including phenoxy) is 1. The number of rotatable bonds is 6. The fraction of sp³-hybridized carbons (Fsp3) is 0.333. The van der Waals surface area contributed by atoms with Crippen LogP contribution in [0.2, 0.25) is 0 Å². The van der Waals surface area contributed by atoms with E-state index in [1.165, 1.54) is 0 Å². The molecule has 0 saturated carbocycles. The SMILES string of the molecule is Cc1ccccc1Oc1nccnc1C1CCN(C(=O)C(C)(C)NC(=O)c2ccccc2)CC1. The molecular formula is C27H30N4O3. The van der Waals surface area contributed by atoms with E-state index in [2.05, 4.69) is 15.3 Å². The molecule has 2 heterocycles. The molecule has 0 radical (unpaired) electrons. The van der Waals surface area contributed by atoms with E-state index in [9.17, 15) is 9.59 Å². The minimum absolute atomic E-state index is 0.0919. The summed E-state index contributed by atoms with van der Waals surface area (Å²) in [4.78, 5) is 36.6. The monoisotopic (exact) mass is 458 g/mol. The van der Waals surface area contributed by atoms with Gasteiger partial charge in [0.25, 0.3) is 5.91 Å². The molecule has 0 aliphatic carbocycles. The van der Waals surface area contributed by atoms with E-state index in [4.69, 9.17) is 4.74 Å².